The van der Waals surface area contributed by atoms with Gasteiger partial charge in [0.15, 0.2) is 0 Å². The van der Waals surface area contributed by atoms with Gasteiger partial charge in [-0.05, 0) is 51.1 Å². The van der Waals surface area contributed by atoms with Gasteiger partial charge in [0.2, 0.25) is 0 Å². The van der Waals surface area contributed by atoms with Crippen LogP contribution in [0.2, 0.25) is 0 Å². The van der Waals surface area contributed by atoms with Crippen molar-refractivity contribution >= 4 is 0 Å². The lowest BCUT2D eigenvalue weighted by molar-refractivity contribution is 0.0809. The van der Waals surface area contributed by atoms with Gasteiger partial charge in [0.1, 0.15) is 0 Å². The largest absolute Gasteiger partial charge is 0.329 e. The van der Waals surface area contributed by atoms with E-state index in [4.69, 9.17) is 5.73 Å². The van der Waals surface area contributed by atoms with Crippen molar-refractivity contribution in [1.82, 2.24) is 4.90 Å². The minimum atomic E-state index is 0.292. The second-order valence-corrected chi connectivity index (χ2v) is 5.91. The Kier molecular flexibility index (Phi) is 6.50. The quantitative estimate of drug-likeness (QED) is 0.771. The van der Waals surface area contributed by atoms with Crippen LogP contribution in [-0.2, 0) is 0 Å². The predicted octanol–water partition coefficient (Wildman–Crippen LogP) is 3.41. The van der Waals surface area contributed by atoms with Gasteiger partial charge in [0.25, 0.3) is 0 Å². The molecule has 0 aliphatic carbocycles. The highest BCUT2D eigenvalue weighted by Gasteiger charge is 2.33. The Morgan fingerprint density at radius 3 is 2.59 bits per heavy atom. The van der Waals surface area contributed by atoms with Crippen LogP contribution in [0, 0.1) is 5.92 Å². The van der Waals surface area contributed by atoms with Crippen LogP contribution in [0.5, 0.6) is 0 Å². The fraction of sp³-hybridized carbons (Fsp3) is 1.00. The molecule has 0 aromatic rings. The molecule has 0 radical (unpaired) electrons. The van der Waals surface area contributed by atoms with Crippen LogP contribution in [0.25, 0.3) is 0 Å². The maximum absolute atomic E-state index is 6.13. The zero-order chi connectivity index (χ0) is 12.7. The van der Waals surface area contributed by atoms with Crippen LogP contribution in [0.15, 0.2) is 0 Å². The maximum Gasteiger partial charge on any atom is 0.0329 e. The Morgan fingerprint density at radius 2 is 2.00 bits per heavy atom. The Morgan fingerprint density at radius 1 is 1.24 bits per heavy atom. The lowest BCUT2D eigenvalue weighted by atomic mass is 9.87. The summed E-state index contributed by atoms with van der Waals surface area (Å²) in [5, 5.41) is 0. The third-order valence-corrected chi connectivity index (χ3v) is 4.72. The van der Waals surface area contributed by atoms with E-state index in [0.29, 0.717) is 5.54 Å². The minimum absolute atomic E-state index is 0.292. The van der Waals surface area contributed by atoms with Crippen LogP contribution in [0.1, 0.15) is 65.7 Å². The maximum atomic E-state index is 6.13. The molecular weight excluding hydrogens is 208 g/mol. The second-order valence-electron chi connectivity index (χ2n) is 5.91. The summed E-state index contributed by atoms with van der Waals surface area (Å²) in [4.78, 5) is 2.71. The Balaban J connectivity index is 2.67. The second kappa shape index (κ2) is 7.38. The molecule has 0 spiro atoms. The average Bonchev–Trinajstić information content (AvgIpc) is 2.57. The van der Waals surface area contributed by atoms with E-state index in [1.807, 2.05) is 0 Å². The fourth-order valence-corrected chi connectivity index (χ4v) is 3.18. The molecule has 0 amide bonds. The molecule has 0 bridgehead atoms. The van der Waals surface area contributed by atoms with E-state index in [1.54, 1.807) is 0 Å². The normalized spacial score (nSPS) is 26.5. The van der Waals surface area contributed by atoms with Crippen LogP contribution >= 0.6 is 0 Å². The van der Waals surface area contributed by atoms with Crippen LogP contribution in [0.3, 0.4) is 0 Å². The van der Waals surface area contributed by atoms with E-state index < -0.39 is 0 Å². The molecule has 17 heavy (non-hydrogen) atoms. The van der Waals surface area contributed by atoms with Crippen molar-refractivity contribution in [1.29, 1.82) is 0 Å². The summed E-state index contributed by atoms with van der Waals surface area (Å²) in [6.45, 7) is 10.3. The molecule has 2 atom stereocenters. The number of likely N-dealkylation sites (tertiary alicyclic amines) is 1. The minimum Gasteiger partial charge on any atom is -0.329 e. The summed E-state index contributed by atoms with van der Waals surface area (Å²) in [7, 11) is 0. The highest BCUT2D eigenvalue weighted by Crippen LogP contribution is 2.29. The number of hydrogen-bond acceptors (Lipinski definition) is 2. The molecule has 2 unspecified atom stereocenters. The molecule has 2 N–H and O–H groups in total. The van der Waals surface area contributed by atoms with Gasteiger partial charge in [0.05, 0.1) is 0 Å². The Hall–Kier alpha value is -0.0800. The first kappa shape index (κ1) is 15.0. The van der Waals surface area contributed by atoms with Gasteiger partial charge in [-0.1, -0.05) is 33.6 Å². The first-order valence-electron chi connectivity index (χ1n) is 7.63. The molecule has 0 aromatic carbocycles. The van der Waals surface area contributed by atoms with Gasteiger partial charge in [-0.15, -0.1) is 0 Å². The van der Waals surface area contributed by atoms with Gasteiger partial charge in [-0.3, -0.25) is 4.90 Å². The number of unbranched alkanes of at least 4 members (excludes halogenated alkanes) is 1. The molecule has 0 aromatic heterocycles. The van der Waals surface area contributed by atoms with Gasteiger partial charge >= 0.3 is 0 Å². The van der Waals surface area contributed by atoms with Crippen molar-refractivity contribution in [3.63, 3.8) is 0 Å². The van der Waals surface area contributed by atoms with E-state index in [2.05, 4.69) is 25.7 Å². The molecule has 1 aliphatic rings. The molecule has 2 heteroatoms. The number of hydrogen-bond donors (Lipinski definition) is 1. The zero-order valence-electron chi connectivity index (χ0n) is 12.2. The highest BCUT2D eigenvalue weighted by molar-refractivity contribution is 4.91. The third-order valence-electron chi connectivity index (χ3n) is 4.72. The van der Waals surface area contributed by atoms with Crippen LogP contribution in [-0.4, -0.2) is 30.1 Å². The Labute approximate surface area is 108 Å². The molecule has 0 saturated carbocycles. The van der Waals surface area contributed by atoms with Gasteiger partial charge in [-0.25, -0.2) is 0 Å². The van der Waals surface area contributed by atoms with Crippen molar-refractivity contribution in [3.05, 3.63) is 0 Å². The lowest BCUT2D eigenvalue weighted by Gasteiger charge is -2.43. The lowest BCUT2D eigenvalue weighted by Crippen LogP contribution is -2.54. The third kappa shape index (κ3) is 3.96. The van der Waals surface area contributed by atoms with Gasteiger partial charge in [-0.2, -0.15) is 0 Å². The standard InChI is InChI=1S/C15H32N2/c1-4-6-10-15(5-2,13-16)17-11-7-8-14(3)9-12-17/h14H,4-13,16H2,1-3H3. The molecule has 1 saturated heterocycles. The van der Waals surface area contributed by atoms with Crippen LogP contribution in [0.4, 0.5) is 0 Å². The van der Waals surface area contributed by atoms with E-state index >= 15 is 0 Å². The summed E-state index contributed by atoms with van der Waals surface area (Å²) in [5.41, 5.74) is 6.43. The van der Waals surface area contributed by atoms with Gasteiger partial charge in [0, 0.05) is 12.1 Å². The van der Waals surface area contributed by atoms with Crippen LogP contribution < -0.4 is 5.73 Å². The first-order valence-corrected chi connectivity index (χ1v) is 7.63. The molecular formula is C15H32N2. The number of nitrogens with two attached hydrogens (primary N) is 1. The smallest absolute Gasteiger partial charge is 0.0329 e. The first-order chi connectivity index (χ1) is 8.18. The van der Waals surface area contributed by atoms with E-state index in [9.17, 15) is 0 Å². The van der Waals surface area contributed by atoms with Crippen molar-refractivity contribution in [2.45, 2.75) is 71.3 Å². The summed E-state index contributed by atoms with van der Waals surface area (Å²) in [6, 6.07) is 0. The zero-order valence-corrected chi connectivity index (χ0v) is 12.2. The molecule has 2 nitrogen and oxygen atoms in total. The fourth-order valence-electron chi connectivity index (χ4n) is 3.18. The predicted molar refractivity (Wildman–Crippen MR) is 76.2 cm³/mol. The van der Waals surface area contributed by atoms with Crippen molar-refractivity contribution < 1.29 is 0 Å². The van der Waals surface area contributed by atoms with Crippen molar-refractivity contribution in [2.75, 3.05) is 19.6 Å². The van der Waals surface area contributed by atoms with Crippen molar-refractivity contribution in [2.24, 2.45) is 11.7 Å². The Bertz CT molecular complexity index is 199. The van der Waals surface area contributed by atoms with Gasteiger partial charge < -0.3 is 5.73 Å². The molecule has 1 aliphatic heterocycles. The van der Waals surface area contributed by atoms with Crippen molar-refractivity contribution in [3.8, 4) is 0 Å². The number of rotatable bonds is 6. The molecule has 1 fully saturated rings. The molecule has 1 heterocycles. The average molecular weight is 240 g/mol. The monoisotopic (exact) mass is 240 g/mol. The summed E-state index contributed by atoms with van der Waals surface area (Å²) >= 11 is 0. The highest BCUT2D eigenvalue weighted by atomic mass is 15.2. The topological polar surface area (TPSA) is 29.3 Å². The molecule has 102 valence electrons. The summed E-state index contributed by atoms with van der Waals surface area (Å²) < 4.78 is 0. The summed E-state index contributed by atoms with van der Waals surface area (Å²) in [5.74, 6) is 0.901. The van der Waals surface area contributed by atoms with E-state index in [0.717, 1.165) is 12.5 Å². The van der Waals surface area contributed by atoms with E-state index in [1.165, 1.54) is 58.0 Å². The SMILES string of the molecule is CCCCC(CC)(CN)N1CCCC(C)CC1. The summed E-state index contributed by atoms with van der Waals surface area (Å²) in [6.07, 6.45) is 9.20. The molecule has 1 rings (SSSR count). The van der Waals surface area contributed by atoms with E-state index in [-0.39, 0.29) is 0 Å². The number of nitrogens with zero attached hydrogens (tertiary/aromatic N) is 1.